The molecule has 0 bridgehead atoms. The summed E-state index contributed by atoms with van der Waals surface area (Å²) in [5.41, 5.74) is 1.24. The van der Waals surface area contributed by atoms with E-state index in [0.717, 1.165) is 23.8 Å². The van der Waals surface area contributed by atoms with Gasteiger partial charge in [-0.3, -0.25) is 0 Å². The van der Waals surface area contributed by atoms with E-state index in [2.05, 4.69) is 20.6 Å². The maximum atomic E-state index is 5.86. The highest BCUT2D eigenvalue weighted by molar-refractivity contribution is 6.30. The number of aromatic nitrogens is 2. The van der Waals surface area contributed by atoms with Gasteiger partial charge in [-0.2, -0.15) is 4.98 Å². The molecule has 104 valence electrons. The maximum Gasteiger partial charge on any atom is 0.224 e. The van der Waals surface area contributed by atoms with Crippen molar-refractivity contribution in [1.29, 1.82) is 0 Å². The Kier molecular flexibility index (Phi) is 4.02. The summed E-state index contributed by atoms with van der Waals surface area (Å²) < 4.78 is 0. The van der Waals surface area contributed by atoms with Crippen LogP contribution in [0, 0.1) is 0 Å². The molecule has 2 N–H and O–H groups in total. The van der Waals surface area contributed by atoms with Gasteiger partial charge in [0.15, 0.2) is 0 Å². The van der Waals surface area contributed by atoms with Crippen molar-refractivity contribution in [1.82, 2.24) is 9.97 Å². The molecule has 4 nitrogen and oxygen atoms in total. The minimum absolute atomic E-state index is 0.604. The van der Waals surface area contributed by atoms with Crippen molar-refractivity contribution >= 4 is 23.4 Å². The Hall–Kier alpha value is -1.81. The second-order valence-electron chi connectivity index (χ2n) is 4.99. The van der Waals surface area contributed by atoms with Crippen molar-refractivity contribution in [3.8, 4) is 0 Å². The average molecular weight is 289 g/mol. The summed E-state index contributed by atoms with van der Waals surface area (Å²) in [5.74, 6) is 1.57. The predicted molar refractivity (Wildman–Crippen MR) is 82.3 cm³/mol. The van der Waals surface area contributed by atoms with Crippen LogP contribution in [-0.4, -0.2) is 22.6 Å². The standard InChI is InChI=1S/C15H17ClN4/c16-12-3-1-11(2-4-12)7-9-17-15-18-10-8-14(20-15)19-13-5-6-13/h1-4,8,10,13H,5-7,9H2,(H2,17,18,19,20). The van der Waals surface area contributed by atoms with Gasteiger partial charge < -0.3 is 10.6 Å². The lowest BCUT2D eigenvalue weighted by molar-refractivity contribution is 0.979. The normalized spacial score (nSPS) is 14.1. The maximum absolute atomic E-state index is 5.86. The lowest BCUT2D eigenvalue weighted by atomic mass is 10.1. The van der Waals surface area contributed by atoms with E-state index in [-0.39, 0.29) is 0 Å². The number of benzene rings is 1. The van der Waals surface area contributed by atoms with E-state index in [9.17, 15) is 0 Å². The molecular formula is C15H17ClN4. The zero-order chi connectivity index (χ0) is 13.8. The average Bonchev–Trinajstić information content (AvgIpc) is 3.26. The van der Waals surface area contributed by atoms with Crippen molar-refractivity contribution in [2.45, 2.75) is 25.3 Å². The van der Waals surface area contributed by atoms with Crippen LogP contribution in [0.15, 0.2) is 36.5 Å². The first-order chi connectivity index (χ1) is 9.79. The molecule has 0 aliphatic heterocycles. The second kappa shape index (κ2) is 6.09. The zero-order valence-electron chi connectivity index (χ0n) is 11.1. The van der Waals surface area contributed by atoms with E-state index >= 15 is 0 Å². The number of hydrogen-bond acceptors (Lipinski definition) is 4. The first kappa shape index (κ1) is 13.2. The van der Waals surface area contributed by atoms with Crippen LogP contribution in [0.5, 0.6) is 0 Å². The molecule has 1 aliphatic carbocycles. The molecule has 1 heterocycles. The molecule has 3 rings (SSSR count). The van der Waals surface area contributed by atoms with E-state index in [4.69, 9.17) is 11.6 Å². The van der Waals surface area contributed by atoms with Gasteiger partial charge in [0, 0.05) is 23.8 Å². The van der Waals surface area contributed by atoms with Crippen molar-refractivity contribution in [2.24, 2.45) is 0 Å². The number of halogens is 1. The van der Waals surface area contributed by atoms with Crippen molar-refractivity contribution in [3.05, 3.63) is 47.1 Å². The van der Waals surface area contributed by atoms with Crippen LogP contribution in [0.2, 0.25) is 5.02 Å². The first-order valence-corrected chi connectivity index (χ1v) is 7.25. The van der Waals surface area contributed by atoms with E-state index in [1.165, 1.54) is 18.4 Å². The number of rotatable bonds is 6. The summed E-state index contributed by atoms with van der Waals surface area (Å²) in [6.07, 6.45) is 5.18. The summed E-state index contributed by atoms with van der Waals surface area (Å²) in [7, 11) is 0. The molecule has 0 saturated heterocycles. The fraction of sp³-hybridized carbons (Fsp3) is 0.333. The van der Waals surface area contributed by atoms with Crippen molar-refractivity contribution < 1.29 is 0 Å². The van der Waals surface area contributed by atoms with Crippen LogP contribution in [0.25, 0.3) is 0 Å². The SMILES string of the molecule is Clc1ccc(CCNc2nccc(NC3CC3)n2)cc1. The Balaban J connectivity index is 1.51. The molecule has 20 heavy (non-hydrogen) atoms. The largest absolute Gasteiger partial charge is 0.367 e. The molecule has 1 aliphatic rings. The van der Waals surface area contributed by atoms with Crippen molar-refractivity contribution in [3.63, 3.8) is 0 Å². The number of nitrogens with zero attached hydrogens (tertiary/aromatic N) is 2. The van der Waals surface area contributed by atoms with Gasteiger partial charge in [0.2, 0.25) is 5.95 Å². The molecular weight excluding hydrogens is 272 g/mol. The minimum atomic E-state index is 0.604. The third-order valence-corrected chi connectivity index (χ3v) is 3.45. The Morgan fingerprint density at radius 3 is 2.70 bits per heavy atom. The molecule has 0 amide bonds. The minimum Gasteiger partial charge on any atom is -0.367 e. The quantitative estimate of drug-likeness (QED) is 0.856. The number of hydrogen-bond donors (Lipinski definition) is 2. The van der Waals surface area contributed by atoms with Gasteiger partial charge in [-0.1, -0.05) is 23.7 Å². The van der Waals surface area contributed by atoms with Crippen LogP contribution < -0.4 is 10.6 Å². The molecule has 0 unspecified atom stereocenters. The van der Waals surface area contributed by atoms with Crippen LogP contribution in [0.3, 0.4) is 0 Å². The Morgan fingerprint density at radius 1 is 1.15 bits per heavy atom. The van der Waals surface area contributed by atoms with Gasteiger partial charge in [0.1, 0.15) is 5.82 Å². The molecule has 1 fully saturated rings. The highest BCUT2D eigenvalue weighted by Crippen LogP contribution is 2.23. The topological polar surface area (TPSA) is 49.8 Å². The third-order valence-electron chi connectivity index (χ3n) is 3.19. The summed E-state index contributed by atoms with van der Waals surface area (Å²) in [6.45, 7) is 0.800. The van der Waals surface area contributed by atoms with Gasteiger partial charge in [-0.05, 0) is 43.0 Å². The Morgan fingerprint density at radius 2 is 1.95 bits per heavy atom. The zero-order valence-corrected chi connectivity index (χ0v) is 11.9. The van der Waals surface area contributed by atoms with Crippen LogP contribution in [-0.2, 0) is 6.42 Å². The highest BCUT2D eigenvalue weighted by atomic mass is 35.5. The van der Waals surface area contributed by atoms with E-state index in [1.807, 2.05) is 30.3 Å². The van der Waals surface area contributed by atoms with E-state index in [0.29, 0.717) is 12.0 Å². The fourth-order valence-corrected chi connectivity index (χ4v) is 2.06. The fourth-order valence-electron chi connectivity index (χ4n) is 1.93. The van der Waals surface area contributed by atoms with Crippen LogP contribution in [0.4, 0.5) is 11.8 Å². The summed E-state index contributed by atoms with van der Waals surface area (Å²) >= 11 is 5.86. The van der Waals surface area contributed by atoms with Gasteiger partial charge in [-0.25, -0.2) is 4.98 Å². The summed E-state index contributed by atoms with van der Waals surface area (Å²) in [5, 5.41) is 7.38. The second-order valence-corrected chi connectivity index (χ2v) is 5.42. The lowest BCUT2D eigenvalue weighted by Gasteiger charge is -2.07. The summed E-state index contributed by atoms with van der Waals surface area (Å²) in [6, 6.07) is 10.4. The molecule has 2 aromatic rings. The Labute approximate surface area is 123 Å². The monoisotopic (exact) mass is 288 g/mol. The van der Waals surface area contributed by atoms with Gasteiger partial charge in [0.25, 0.3) is 0 Å². The number of anilines is 2. The van der Waals surface area contributed by atoms with E-state index < -0.39 is 0 Å². The van der Waals surface area contributed by atoms with E-state index in [1.54, 1.807) is 6.20 Å². The summed E-state index contributed by atoms with van der Waals surface area (Å²) in [4.78, 5) is 8.67. The van der Waals surface area contributed by atoms with Gasteiger partial charge >= 0.3 is 0 Å². The molecule has 0 radical (unpaired) electrons. The molecule has 0 atom stereocenters. The van der Waals surface area contributed by atoms with Crippen LogP contribution in [0.1, 0.15) is 18.4 Å². The predicted octanol–water partition coefficient (Wildman–Crippen LogP) is 3.36. The molecule has 0 spiro atoms. The highest BCUT2D eigenvalue weighted by Gasteiger charge is 2.21. The number of nitrogens with one attached hydrogen (secondary N) is 2. The Bertz CT molecular complexity index is 566. The molecule has 1 aromatic carbocycles. The third kappa shape index (κ3) is 3.84. The first-order valence-electron chi connectivity index (χ1n) is 6.87. The lowest BCUT2D eigenvalue weighted by Crippen LogP contribution is -2.10. The molecule has 1 saturated carbocycles. The van der Waals surface area contributed by atoms with Crippen LogP contribution >= 0.6 is 11.6 Å². The molecule has 5 heteroatoms. The van der Waals surface area contributed by atoms with Gasteiger partial charge in [0.05, 0.1) is 0 Å². The van der Waals surface area contributed by atoms with Gasteiger partial charge in [-0.15, -0.1) is 0 Å². The smallest absolute Gasteiger partial charge is 0.224 e. The van der Waals surface area contributed by atoms with Crippen molar-refractivity contribution in [2.75, 3.05) is 17.2 Å². The molecule has 1 aromatic heterocycles.